The van der Waals surface area contributed by atoms with Crippen LogP contribution in [0.25, 0.3) is 16.9 Å². The maximum Gasteiger partial charge on any atom is 0.250 e. The van der Waals surface area contributed by atoms with Crippen molar-refractivity contribution in [2.45, 2.75) is 25.5 Å². The van der Waals surface area contributed by atoms with Crippen LogP contribution >= 0.6 is 0 Å². The lowest BCUT2D eigenvalue weighted by molar-refractivity contribution is 0.0161. The van der Waals surface area contributed by atoms with E-state index in [2.05, 4.69) is 15.4 Å². The van der Waals surface area contributed by atoms with E-state index in [4.69, 9.17) is 19.3 Å². The lowest BCUT2D eigenvalue weighted by Gasteiger charge is -2.23. The van der Waals surface area contributed by atoms with Crippen molar-refractivity contribution in [1.29, 1.82) is 0 Å². The van der Waals surface area contributed by atoms with Gasteiger partial charge in [0, 0.05) is 36.8 Å². The molecule has 9 nitrogen and oxygen atoms in total. The van der Waals surface area contributed by atoms with Gasteiger partial charge in [-0.2, -0.15) is 10.2 Å². The number of ether oxygens (including phenoxy) is 3. The van der Waals surface area contributed by atoms with E-state index in [1.807, 2.05) is 15.6 Å². The third kappa shape index (κ3) is 4.06. The molecule has 0 radical (unpaired) electrons. The zero-order valence-corrected chi connectivity index (χ0v) is 17.4. The molecule has 3 aromatic heterocycles. The van der Waals surface area contributed by atoms with E-state index in [0.29, 0.717) is 44.0 Å². The van der Waals surface area contributed by atoms with Gasteiger partial charge in [0.2, 0.25) is 5.88 Å². The van der Waals surface area contributed by atoms with Gasteiger partial charge in [-0.05, 0) is 12.5 Å². The second kappa shape index (κ2) is 8.74. The van der Waals surface area contributed by atoms with Crippen molar-refractivity contribution in [3.63, 3.8) is 0 Å². The van der Waals surface area contributed by atoms with Crippen molar-refractivity contribution < 1.29 is 18.6 Å². The van der Waals surface area contributed by atoms with Crippen LogP contribution in [0.3, 0.4) is 0 Å². The number of methoxy groups -OCH3 is 1. The summed E-state index contributed by atoms with van der Waals surface area (Å²) < 4.78 is 34.5. The molecule has 5 rings (SSSR count). The Bertz CT molecular complexity index is 1060. The van der Waals surface area contributed by atoms with Gasteiger partial charge in [0.25, 0.3) is 0 Å². The molecule has 1 saturated heterocycles. The largest absolute Gasteiger partial charge is 0.479 e. The second-order valence-corrected chi connectivity index (χ2v) is 7.63. The minimum atomic E-state index is -0.512. The molecule has 1 fully saturated rings. The first-order valence-corrected chi connectivity index (χ1v) is 10.5. The van der Waals surface area contributed by atoms with Crippen LogP contribution in [0.15, 0.2) is 24.7 Å². The van der Waals surface area contributed by atoms with Gasteiger partial charge in [0.15, 0.2) is 5.82 Å². The molecule has 0 aromatic carbocycles. The number of nitrogens with one attached hydrogen (secondary N) is 1. The molecule has 164 valence electrons. The zero-order valence-electron chi connectivity index (χ0n) is 17.4. The highest BCUT2D eigenvalue weighted by Gasteiger charge is 2.24. The normalized spacial score (nSPS) is 19.1. The first-order chi connectivity index (χ1) is 15.2. The van der Waals surface area contributed by atoms with Crippen molar-refractivity contribution in [3.05, 3.63) is 41.7 Å². The molecule has 3 aromatic rings. The fourth-order valence-corrected chi connectivity index (χ4v) is 4.11. The average molecular weight is 428 g/mol. The molecule has 10 heteroatoms. The summed E-state index contributed by atoms with van der Waals surface area (Å²) in [5.74, 6) is -0.541. The summed E-state index contributed by atoms with van der Waals surface area (Å²) in [7, 11) is 1.40. The molecule has 2 aliphatic heterocycles. The molecule has 0 aliphatic carbocycles. The number of halogens is 1. The maximum absolute atomic E-state index is 14.3. The standard InChI is InChI=1S/C21H25FN6O3/c1-29-21-18(22)8-14(9-24-21)20-17-2-5-30-6-3-19(17)28(26-20)15-10-25-27(12-15)13-16-11-23-4-7-31-16/h8-10,12,16,23H,2-7,11,13H2,1H3/t16-/m0/s1. The van der Waals surface area contributed by atoms with Crippen molar-refractivity contribution in [3.8, 4) is 22.8 Å². The summed E-state index contributed by atoms with van der Waals surface area (Å²) >= 11 is 0. The van der Waals surface area contributed by atoms with Gasteiger partial charge >= 0.3 is 0 Å². The van der Waals surface area contributed by atoms with Crippen LogP contribution in [0.2, 0.25) is 0 Å². The van der Waals surface area contributed by atoms with Crippen LogP contribution in [0, 0.1) is 5.82 Å². The Morgan fingerprint density at radius 2 is 2.16 bits per heavy atom. The summed E-state index contributed by atoms with van der Waals surface area (Å²) in [6, 6.07) is 1.42. The van der Waals surface area contributed by atoms with E-state index in [9.17, 15) is 4.39 Å². The lowest BCUT2D eigenvalue weighted by Crippen LogP contribution is -2.40. The Labute approximate surface area is 179 Å². The third-order valence-corrected chi connectivity index (χ3v) is 5.60. The van der Waals surface area contributed by atoms with E-state index in [1.165, 1.54) is 13.2 Å². The fourth-order valence-electron chi connectivity index (χ4n) is 4.11. The monoisotopic (exact) mass is 428 g/mol. The number of pyridine rings is 1. The number of hydrogen-bond acceptors (Lipinski definition) is 7. The van der Waals surface area contributed by atoms with Gasteiger partial charge in [-0.1, -0.05) is 0 Å². The Morgan fingerprint density at radius 3 is 2.97 bits per heavy atom. The minimum Gasteiger partial charge on any atom is -0.479 e. The molecule has 0 spiro atoms. The lowest BCUT2D eigenvalue weighted by atomic mass is 10.0. The molecule has 31 heavy (non-hydrogen) atoms. The molecular weight excluding hydrogens is 403 g/mol. The number of fused-ring (bicyclic) bond motifs is 1. The summed E-state index contributed by atoms with van der Waals surface area (Å²) in [6.07, 6.45) is 6.87. The smallest absolute Gasteiger partial charge is 0.250 e. The van der Waals surface area contributed by atoms with E-state index in [0.717, 1.165) is 36.5 Å². The van der Waals surface area contributed by atoms with Gasteiger partial charge in [0.05, 0.1) is 63.4 Å². The van der Waals surface area contributed by atoms with E-state index in [-0.39, 0.29) is 12.0 Å². The first kappa shape index (κ1) is 20.1. The number of hydrogen-bond donors (Lipinski definition) is 1. The van der Waals surface area contributed by atoms with Crippen LogP contribution in [0.5, 0.6) is 5.88 Å². The highest BCUT2D eigenvalue weighted by molar-refractivity contribution is 5.65. The number of morpholine rings is 1. The van der Waals surface area contributed by atoms with Crippen LogP contribution in [-0.4, -0.2) is 70.7 Å². The van der Waals surface area contributed by atoms with E-state index < -0.39 is 5.82 Å². The first-order valence-electron chi connectivity index (χ1n) is 10.5. The molecular formula is C21H25FN6O3. The molecule has 5 heterocycles. The highest BCUT2D eigenvalue weighted by Crippen LogP contribution is 2.31. The molecule has 0 amide bonds. The van der Waals surface area contributed by atoms with Crippen LogP contribution < -0.4 is 10.1 Å². The van der Waals surface area contributed by atoms with Crippen LogP contribution in [0.4, 0.5) is 4.39 Å². The highest BCUT2D eigenvalue weighted by atomic mass is 19.1. The van der Waals surface area contributed by atoms with E-state index in [1.54, 1.807) is 12.4 Å². The Hall–Kier alpha value is -2.82. The van der Waals surface area contributed by atoms with Gasteiger partial charge in [0.1, 0.15) is 5.69 Å². The van der Waals surface area contributed by atoms with Gasteiger partial charge in [-0.25, -0.2) is 14.1 Å². The van der Waals surface area contributed by atoms with Crippen molar-refractivity contribution in [1.82, 2.24) is 29.9 Å². The topological polar surface area (TPSA) is 88.3 Å². The molecule has 2 aliphatic rings. The summed E-state index contributed by atoms with van der Waals surface area (Å²) in [4.78, 5) is 4.08. The molecule has 0 bridgehead atoms. The van der Waals surface area contributed by atoms with Crippen molar-refractivity contribution in [2.75, 3.05) is 40.0 Å². The SMILES string of the molecule is COc1ncc(-c2nn(-c3cnn(C[C@@H]4CNCCO4)c3)c3c2CCOCC3)cc1F. The number of aromatic nitrogens is 5. The molecule has 1 atom stereocenters. The van der Waals surface area contributed by atoms with Gasteiger partial charge in [-0.3, -0.25) is 4.68 Å². The molecule has 0 unspecified atom stereocenters. The Balaban J connectivity index is 1.50. The van der Waals surface area contributed by atoms with Crippen LogP contribution in [-0.2, 0) is 28.9 Å². The Morgan fingerprint density at radius 1 is 1.26 bits per heavy atom. The minimum absolute atomic E-state index is 0.0293. The summed E-state index contributed by atoms with van der Waals surface area (Å²) in [6.45, 7) is 4.28. The summed E-state index contributed by atoms with van der Waals surface area (Å²) in [5, 5.41) is 12.7. The maximum atomic E-state index is 14.3. The van der Waals surface area contributed by atoms with Crippen molar-refractivity contribution in [2.24, 2.45) is 0 Å². The second-order valence-electron chi connectivity index (χ2n) is 7.63. The predicted octanol–water partition coefficient (Wildman–Crippen LogP) is 1.38. The molecule has 1 N–H and O–H groups in total. The molecule has 0 saturated carbocycles. The fraction of sp³-hybridized carbons (Fsp3) is 0.476. The summed E-state index contributed by atoms with van der Waals surface area (Å²) in [5.41, 5.74) is 4.29. The van der Waals surface area contributed by atoms with Crippen LogP contribution in [0.1, 0.15) is 11.3 Å². The van der Waals surface area contributed by atoms with E-state index >= 15 is 0 Å². The van der Waals surface area contributed by atoms with Gasteiger partial charge < -0.3 is 19.5 Å². The third-order valence-electron chi connectivity index (χ3n) is 5.60. The number of nitrogens with zero attached hydrogens (tertiary/aromatic N) is 5. The average Bonchev–Trinajstić information content (AvgIpc) is 3.31. The quantitative estimate of drug-likeness (QED) is 0.657. The zero-order chi connectivity index (χ0) is 21.2. The number of rotatable bonds is 5. The predicted molar refractivity (Wildman–Crippen MR) is 110 cm³/mol. The van der Waals surface area contributed by atoms with Crippen molar-refractivity contribution >= 4 is 0 Å². The van der Waals surface area contributed by atoms with Gasteiger partial charge in [-0.15, -0.1) is 0 Å². The Kier molecular flexibility index (Phi) is 5.66.